The second kappa shape index (κ2) is 9.56. The Kier molecular flexibility index (Phi) is 7.14. The molecule has 0 aliphatic carbocycles. The van der Waals surface area contributed by atoms with Crippen molar-refractivity contribution in [1.82, 2.24) is 5.32 Å². The van der Waals surface area contributed by atoms with Gasteiger partial charge in [-0.05, 0) is 43.2 Å². The molecule has 2 aromatic carbocycles. The first-order chi connectivity index (χ1) is 12.5. The van der Waals surface area contributed by atoms with Crippen molar-refractivity contribution < 1.29 is 19.0 Å². The molecule has 140 valence electrons. The van der Waals surface area contributed by atoms with Gasteiger partial charge >= 0.3 is 6.03 Å². The lowest BCUT2D eigenvalue weighted by atomic mass is 10.2. The Morgan fingerprint density at radius 1 is 1.08 bits per heavy atom. The first-order valence-corrected chi connectivity index (χ1v) is 8.58. The van der Waals surface area contributed by atoms with Crippen LogP contribution in [0.25, 0.3) is 0 Å². The van der Waals surface area contributed by atoms with Gasteiger partial charge in [0.1, 0.15) is 5.75 Å². The largest absolute Gasteiger partial charge is 0.493 e. The molecule has 0 fully saturated rings. The zero-order chi connectivity index (χ0) is 18.9. The number of methoxy groups -OCH3 is 2. The van der Waals surface area contributed by atoms with E-state index in [-0.39, 0.29) is 12.1 Å². The Hall–Kier alpha value is -2.89. The van der Waals surface area contributed by atoms with Crippen molar-refractivity contribution in [1.29, 1.82) is 0 Å². The van der Waals surface area contributed by atoms with Gasteiger partial charge in [-0.2, -0.15) is 0 Å². The molecule has 0 aromatic heterocycles. The van der Waals surface area contributed by atoms with Crippen LogP contribution in [0.3, 0.4) is 0 Å². The summed E-state index contributed by atoms with van der Waals surface area (Å²) < 4.78 is 16.2. The summed E-state index contributed by atoms with van der Waals surface area (Å²) in [5.41, 5.74) is 1.59. The van der Waals surface area contributed by atoms with Gasteiger partial charge in [0.25, 0.3) is 0 Å². The highest BCUT2D eigenvalue weighted by molar-refractivity contribution is 5.89. The highest BCUT2D eigenvalue weighted by atomic mass is 16.5. The summed E-state index contributed by atoms with van der Waals surface area (Å²) in [6.45, 7) is 4.44. The van der Waals surface area contributed by atoms with E-state index < -0.39 is 0 Å². The lowest BCUT2D eigenvalue weighted by molar-refractivity contribution is 0.217. The molecule has 2 aromatic rings. The number of nitrogens with one attached hydrogen (secondary N) is 2. The van der Waals surface area contributed by atoms with E-state index in [1.165, 1.54) is 0 Å². The van der Waals surface area contributed by atoms with E-state index in [4.69, 9.17) is 14.2 Å². The second-order valence-corrected chi connectivity index (χ2v) is 5.86. The Bertz CT molecular complexity index is 734. The second-order valence-electron chi connectivity index (χ2n) is 5.86. The number of carbonyl (C=O) groups is 1. The maximum Gasteiger partial charge on any atom is 0.319 e. The van der Waals surface area contributed by atoms with Crippen LogP contribution in [0.2, 0.25) is 0 Å². The fourth-order valence-electron chi connectivity index (χ4n) is 2.31. The van der Waals surface area contributed by atoms with E-state index in [9.17, 15) is 4.79 Å². The summed E-state index contributed by atoms with van der Waals surface area (Å²) in [6.07, 6.45) is 1.05. The molecule has 0 heterocycles. The van der Waals surface area contributed by atoms with Gasteiger partial charge in [0, 0.05) is 18.3 Å². The minimum Gasteiger partial charge on any atom is -0.493 e. The number of hydrogen-bond acceptors (Lipinski definition) is 4. The van der Waals surface area contributed by atoms with E-state index >= 15 is 0 Å². The third-order valence-electron chi connectivity index (χ3n) is 3.91. The molecular weight excluding hydrogens is 332 g/mol. The van der Waals surface area contributed by atoms with Gasteiger partial charge in [0.15, 0.2) is 11.5 Å². The molecule has 6 heteroatoms. The highest BCUT2D eigenvalue weighted by Crippen LogP contribution is 2.27. The van der Waals surface area contributed by atoms with Gasteiger partial charge in [-0.15, -0.1) is 0 Å². The first kappa shape index (κ1) is 19.4. The third-order valence-corrected chi connectivity index (χ3v) is 3.91. The molecule has 0 radical (unpaired) electrons. The molecule has 26 heavy (non-hydrogen) atoms. The normalized spacial score (nSPS) is 11.4. The molecule has 0 bridgehead atoms. The number of ether oxygens (including phenoxy) is 3. The van der Waals surface area contributed by atoms with Crippen LogP contribution in [-0.2, 0) is 6.54 Å². The Balaban J connectivity index is 1.92. The quantitative estimate of drug-likeness (QED) is 0.742. The molecule has 0 spiro atoms. The fourth-order valence-corrected chi connectivity index (χ4v) is 2.31. The van der Waals surface area contributed by atoms with Crippen LogP contribution in [0.5, 0.6) is 17.2 Å². The molecule has 2 rings (SSSR count). The lowest BCUT2D eigenvalue weighted by Gasteiger charge is -2.14. The first-order valence-electron chi connectivity index (χ1n) is 8.58. The highest BCUT2D eigenvalue weighted by Gasteiger charge is 2.07. The molecule has 0 saturated carbocycles. The standard InChI is InChI=1S/C20H26N2O4/c1-5-14(2)26-17-8-6-7-16(12-17)22-20(23)21-13-15-9-10-18(24-3)19(11-15)25-4/h6-12,14H,5,13H2,1-4H3,(H2,21,22,23). The van der Waals surface area contributed by atoms with Gasteiger partial charge in [0.2, 0.25) is 0 Å². The number of amides is 2. The SMILES string of the molecule is CCC(C)Oc1cccc(NC(=O)NCc2ccc(OC)c(OC)c2)c1. The van der Waals surface area contributed by atoms with Crippen molar-refractivity contribution in [2.24, 2.45) is 0 Å². The zero-order valence-electron chi connectivity index (χ0n) is 15.7. The smallest absolute Gasteiger partial charge is 0.319 e. The number of hydrogen-bond donors (Lipinski definition) is 2. The van der Waals surface area contributed by atoms with Crippen LogP contribution >= 0.6 is 0 Å². The van der Waals surface area contributed by atoms with Crippen molar-refractivity contribution in [3.05, 3.63) is 48.0 Å². The van der Waals surface area contributed by atoms with Crippen molar-refractivity contribution in [2.75, 3.05) is 19.5 Å². The topological polar surface area (TPSA) is 68.8 Å². The summed E-state index contributed by atoms with van der Waals surface area (Å²) in [6, 6.07) is 12.6. The van der Waals surface area contributed by atoms with Crippen molar-refractivity contribution in [2.45, 2.75) is 32.9 Å². The molecule has 6 nitrogen and oxygen atoms in total. The average molecular weight is 358 g/mol. The van der Waals surface area contributed by atoms with E-state index in [1.54, 1.807) is 14.2 Å². The minimum absolute atomic E-state index is 0.129. The zero-order valence-corrected chi connectivity index (χ0v) is 15.7. The number of rotatable bonds is 8. The molecule has 1 unspecified atom stereocenters. The van der Waals surface area contributed by atoms with Crippen LogP contribution in [0.15, 0.2) is 42.5 Å². The Labute approximate surface area is 154 Å². The Morgan fingerprint density at radius 2 is 1.85 bits per heavy atom. The predicted molar refractivity (Wildman–Crippen MR) is 102 cm³/mol. The number of carbonyl (C=O) groups excluding carboxylic acids is 1. The fraction of sp³-hybridized carbons (Fsp3) is 0.350. The van der Waals surface area contributed by atoms with Gasteiger partial charge in [-0.25, -0.2) is 4.79 Å². The predicted octanol–water partition coefficient (Wildman–Crippen LogP) is 4.20. The van der Waals surface area contributed by atoms with Crippen molar-refractivity contribution in [3.63, 3.8) is 0 Å². The third kappa shape index (κ3) is 5.58. The van der Waals surface area contributed by atoms with Crippen LogP contribution in [0, 0.1) is 0 Å². The summed E-state index contributed by atoms with van der Waals surface area (Å²) in [7, 11) is 3.17. The molecule has 0 aliphatic rings. The molecular formula is C20H26N2O4. The minimum atomic E-state index is -0.291. The van der Waals surface area contributed by atoms with Crippen LogP contribution in [0.4, 0.5) is 10.5 Å². The monoisotopic (exact) mass is 358 g/mol. The van der Waals surface area contributed by atoms with E-state index in [0.29, 0.717) is 23.7 Å². The van der Waals surface area contributed by atoms with Crippen LogP contribution in [0.1, 0.15) is 25.8 Å². The van der Waals surface area contributed by atoms with Crippen LogP contribution in [-0.4, -0.2) is 26.4 Å². The maximum absolute atomic E-state index is 12.1. The summed E-state index contributed by atoms with van der Waals surface area (Å²) in [5.74, 6) is 2.01. The maximum atomic E-state index is 12.1. The number of urea groups is 1. The van der Waals surface area contributed by atoms with Crippen LogP contribution < -0.4 is 24.8 Å². The molecule has 0 aliphatic heterocycles. The molecule has 2 N–H and O–H groups in total. The Morgan fingerprint density at radius 3 is 2.54 bits per heavy atom. The van der Waals surface area contributed by atoms with Gasteiger partial charge in [-0.1, -0.05) is 19.1 Å². The molecule has 1 atom stereocenters. The van der Waals surface area contributed by atoms with E-state index in [1.807, 2.05) is 49.4 Å². The van der Waals surface area contributed by atoms with E-state index in [0.717, 1.165) is 17.7 Å². The molecule has 0 saturated heterocycles. The molecule has 2 amide bonds. The van der Waals surface area contributed by atoms with Gasteiger partial charge < -0.3 is 24.8 Å². The average Bonchev–Trinajstić information content (AvgIpc) is 2.66. The lowest BCUT2D eigenvalue weighted by Crippen LogP contribution is -2.28. The van der Waals surface area contributed by atoms with E-state index in [2.05, 4.69) is 17.6 Å². The van der Waals surface area contributed by atoms with Gasteiger partial charge in [0.05, 0.1) is 20.3 Å². The van der Waals surface area contributed by atoms with Gasteiger partial charge in [-0.3, -0.25) is 0 Å². The summed E-state index contributed by atoms with van der Waals surface area (Å²) >= 11 is 0. The van der Waals surface area contributed by atoms with Crippen molar-refractivity contribution >= 4 is 11.7 Å². The summed E-state index contributed by atoms with van der Waals surface area (Å²) in [5, 5.41) is 5.63. The summed E-state index contributed by atoms with van der Waals surface area (Å²) in [4.78, 5) is 12.1. The van der Waals surface area contributed by atoms with Crippen molar-refractivity contribution in [3.8, 4) is 17.2 Å². The number of anilines is 1. The number of benzene rings is 2.